The van der Waals surface area contributed by atoms with E-state index in [1.807, 2.05) is 0 Å². The molecule has 0 aliphatic carbocycles. The van der Waals surface area contributed by atoms with Crippen molar-refractivity contribution < 1.29 is 28.2 Å². The van der Waals surface area contributed by atoms with Gasteiger partial charge in [0.1, 0.15) is 5.75 Å². The fourth-order valence-corrected chi connectivity index (χ4v) is 1.61. The van der Waals surface area contributed by atoms with Crippen LogP contribution in [-0.4, -0.2) is 39.2 Å². The number of nitrogens with zero attached hydrogens (tertiary/aromatic N) is 2. The van der Waals surface area contributed by atoms with Gasteiger partial charge >= 0.3 is 6.18 Å². The summed E-state index contributed by atoms with van der Waals surface area (Å²) in [5.41, 5.74) is -3.46. The lowest BCUT2D eigenvalue weighted by molar-refractivity contribution is -0.297. The van der Waals surface area contributed by atoms with Gasteiger partial charge in [-0.15, -0.1) is 0 Å². The molecule has 0 fully saturated rings. The van der Waals surface area contributed by atoms with Gasteiger partial charge in [0.2, 0.25) is 0 Å². The van der Waals surface area contributed by atoms with Crippen molar-refractivity contribution in [3.05, 3.63) is 29.8 Å². The molecule has 2 rings (SSSR count). The van der Waals surface area contributed by atoms with E-state index in [1.54, 1.807) is 0 Å². The van der Waals surface area contributed by atoms with E-state index in [2.05, 4.69) is 5.10 Å². The van der Waals surface area contributed by atoms with Crippen molar-refractivity contribution in [2.45, 2.75) is 18.3 Å². The smallest absolute Gasteiger partial charge is 0.438 e. The Hall–Kier alpha value is -2.09. The van der Waals surface area contributed by atoms with Crippen molar-refractivity contribution in [2.75, 3.05) is 0 Å². The Labute approximate surface area is 105 Å². The van der Waals surface area contributed by atoms with E-state index in [0.717, 1.165) is 30.5 Å². The minimum absolute atomic E-state index is 0.000614. The number of hydrogen-bond donors (Lipinski definition) is 2. The summed E-state index contributed by atoms with van der Waals surface area (Å²) in [4.78, 5) is 11.9. The summed E-state index contributed by atoms with van der Waals surface area (Å²) in [5, 5.41) is 21.9. The van der Waals surface area contributed by atoms with Gasteiger partial charge < -0.3 is 10.2 Å². The van der Waals surface area contributed by atoms with Gasteiger partial charge in [-0.05, 0) is 24.3 Å². The van der Waals surface area contributed by atoms with Gasteiger partial charge in [0.05, 0.1) is 0 Å². The van der Waals surface area contributed by atoms with Crippen LogP contribution >= 0.6 is 0 Å². The summed E-state index contributed by atoms with van der Waals surface area (Å²) in [7, 11) is 0. The Balaban J connectivity index is 2.33. The normalized spacial score (nSPS) is 22.8. The van der Waals surface area contributed by atoms with Crippen LogP contribution in [0.3, 0.4) is 0 Å². The molecule has 0 aromatic heterocycles. The van der Waals surface area contributed by atoms with Crippen LogP contribution < -0.4 is 0 Å². The number of rotatable bonds is 1. The highest BCUT2D eigenvalue weighted by molar-refractivity contribution is 5.95. The molecule has 0 unspecified atom stereocenters. The monoisotopic (exact) mass is 274 g/mol. The van der Waals surface area contributed by atoms with E-state index in [-0.39, 0.29) is 16.3 Å². The van der Waals surface area contributed by atoms with Crippen molar-refractivity contribution >= 4 is 12.1 Å². The number of amides is 1. The molecule has 0 saturated heterocycles. The molecular formula is C11H9F3N2O3. The van der Waals surface area contributed by atoms with E-state index in [9.17, 15) is 23.1 Å². The zero-order chi connectivity index (χ0) is 14.3. The highest BCUT2D eigenvalue weighted by Crippen LogP contribution is 2.39. The molecule has 0 spiro atoms. The molecule has 0 radical (unpaired) electrons. The first-order valence-electron chi connectivity index (χ1n) is 5.21. The molecule has 0 bridgehead atoms. The number of benzene rings is 1. The number of carbonyl (C=O) groups is 1. The maximum atomic E-state index is 12.8. The summed E-state index contributed by atoms with van der Waals surface area (Å²) < 4.78 is 38.3. The number of carbonyl (C=O) groups excluding carboxylic acids is 1. The minimum Gasteiger partial charge on any atom is -0.508 e. The zero-order valence-electron chi connectivity index (χ0n) is 9.42. The molecule has 1 aromatic rings. The number of aliphatic hydroxyl groups is 1. The molecule has 19 heavy (non-hydrogen) atoms. The first-order chi connectivity index (χ1) is 8.75. The molecular weight excluding hydrogens is 265 g/mol. The highest BCUT2D eigenvalue weighted by atomic mass is 19.4. The second-order valence-electron chi connectivity index (χ2n) is 3.98. The first kappa shape index (κ1) is 13.3. The molecule has 1 heterocycles. The molecule has 1 aliphatic heterocycles. The molecule has 8 heteroatoms. The van der Waals surface area contributed by atoms with E-state index >= 15 is 0 Å². The lowest BCUT2D eigenvalue weighted by Crippen LogP contribution is -2.56. The van der Waals surface area contributed by atoms with Crippen LogP contribution in [-0.2, 0) is 0 Å². The van der Waals surface area contributed by atoms with Gasteiger partial charge in [-0.25, -0.2) is 0 Å². The molecule has 5 nitrogen and oxygen atoms in total. The van der Waals surface area contributed by atoms with Gasteiger partial charge in [0, 0.05) is 18.2 Å². The van der Waals surface area contributed by atoms with Crippen LogP contribution in [0, 0.1) is 0 Å². The number of hydrogen-bond acceptors (Lipinski definition) is 4. The standard InChI is InChI=1S/C11H9F3N2O3/c12-11(13,14)10(19)5-6-15-16(10)9(18)7-1-3-8(17)4-2-7/h1-4,6,17,19H,5H2/t10-/m0/s1. The van der Waals surface area contributed by atoms with Crippen molar-refractivity contribution in [1.82, 2.24) is 5.01 Å². The Morgan fingerprint density at radius 2 is 1.89 bits per heavy atom. The number of phenolic OH excluding ortho intramolecular Hbond substituents is 1. The number of hydrazone groups is 1. The second-order valence-corrected chi connectivity index (χ2v) is 3.98. The molecule has 1 amide bonds. The fraction of sp³-hybridized carbons (Fsp3) is 0.273. The van der Waals surface area contributed by atoms with Gasteiger partial charge in [-0.3, -0.25) is 4.79 Å². The number of phenols is 1. The van der Waals surface area contributed by atoms with Gasteiger partial charge in [-0.2, -0.15) is 23.3 Å². The van der Waals surface area contributed by atoms with Gasteiger partial charge in [0.25, 0.3) is 11.6 Å². The largest absolute Gasteiger partial charge is 0.508 e. The van der Waals surface area contributed by atoms with Crippen molar-refractivity contribution in [2.24, 2.45) is 5.10 Å². The Kier molecular flexibility index (Phi) is 2.97. The van der Waals surface area contributed by atoms with Crippen LogP contribution in [0.2, 0.25) is 0 Å². The third-order valence-corrected chi connectivity index (χ3v) is 2.68. The molecule has 1 atom stereocenters. The quantitative estimate of drug-likeness (QED) is 0.814. The van der Waals surface area contributed by atoms with Crippen molar-refractivity contribution in [3.63, 3.8) is 0 Å². The maximum absolute atomic E-state index is 12.8. The third kappa shape index (κ3) is 2.14. The van der Waals surface area contributed by atoms with E-state index in [0.29, 0.717) is 0 Å². The maximum Gasteiger partial charge on any atom is 0.438 e. The lowest BCUT2D eigenvalue weighted by Gasteiger charge is -2.32. The van der Waals surface area contributed by atoms with E-state index < -0.39 is 24.2 Å². The summed E-state index contributed by atoms with van der Waals surface area (Å²) >= 11 is 0. The summed E-state index contributed by atoms with van der Waals surface area (Å²) in [6.07, 6.45) is -5.01. The van der Waals surface area contributed by atoms with Crippen LogP contribution in [0.5, 0.6) is 5.75 Å². The number of aromatic hydroxyl groups is 1. The van der Waals surface area contributed by atoms with Gasteiger partial charge in [-0.1, -0.05) is 0 Å². The summed E-state index contributed by atoms with van der Waals surface area (Å²) in [6, 6.07) is 4.59. The highest BCUT2D eigenvalue weighted by Gasteiger charge is 2.61. The molecule has 1 aliphatic rings. The Bertz CT molecular complexity index is 527. The fourth-order valence-electron chi connectivity index (χ4n) is 1.61. The van der Waals surface area contributed by atoms with Crippen LogP contribution in [0.15, 0.2) is 29.4 Å². The number of halogens is 3. The van der Waals surface area contributed by atoms with Gasteiger partial charge in [0.15, 0.2) is 0 Å². The van der Waals surface area contributed by atoms with Crippen LogP contribution in [0.1, 0.15) is 16.8 Å². The van der Waals surface area contributed by atoms with Crippen molar-refractivity contribution in [3.8, 4) is 5.75 Å². The zero-order valence-corrected chi connectivity index (χ0v) is 9.42. The topological polar surface area (TPSA) is 73.1 Å². The number of alkyl halides is 3. The summed E-state index contributed by atoms with van der Waals surface area (Å²) in [5.74, 6) is -1.24. The van der Waals surface area contributed by atoms with Crippen molar-refractivity contribution in [1.29, 1.82) is 0 Å². The Morgan fingerprint density at radius 1 is 1.32 bits per heavy atom. The SMILES string of the molecule is O=C(c1ccc(O)cc1)N1N=CC[C@]1(O)C(F)(F)F. The first-order valence-corrected chi connectivity index (χ1v) is 5.21. The average molecular weight is 274 g/mol. The Morgan fingerprint density at radius 3 is 2.42 bits per heavy atom. The second kappa shape index (κ2) is 4.23. The minimum atomic E-state index is -5.02. The van der Waals surface area contributed by atoms with E-state index in [1.165, 1.54) is 0 Å². The third-order valence-electron chi connectivity index (χ3n) is 2.68. The molecule has 2 N–H and O–H groups in total. The van der Waals surface area contributed by atoms with Crippen LogP contribution in [0.4, 0.5) is 13.2 Å². The predicted molar refractivity (Wildman–Crippen MR) is 58.4 cm³/mol. The summed E-state index contributed by atoms with van der Waals surface area (Å²) in [6.45, 7) is 0. The lowest BCUT2D eigenvalue weighted by atomic mass is 10.1. The predicted octanol–water partition coefficient (Wildman–Crippen LogP) is 1.47. The van der Waals surface area contributed by atoms with E-state index in [4.69, 9.17) is 5.11 Å². The molecule has 1 aromatic carbocycles. The van der Waals surface area contributed by atoms with Crippen LogP contribution in [0.25, 0.3) is 0 Å². The molecule has 0 saturated carbocycles. The molecule has 102 valence electrons. The average Bonchev–Trinajstić information content (AvgIpc) is 2.72.